The SMILES string of the molecule is O=C(Nc1ccccc1C(=O)NOCc1ccccc1)c1ccccc1. The van der Waals surface area contributed by atoms with Crippen molar-refractivity contribution in [1.82, 2.24) is 5.48 Å². The molecule has 0 saturated heterocycles. The van der Waals surface area contributed by atoms with E-state index in [1.165, 1.54) is 0 Å². The first kappa shape index (κ1) is 17.4. The number of amides is 2. The zero-order valence-corrected chi connectivity index (χ0v) is 14.0. The van der Waals surface area contributed by atoms with E-state index in [0.717, 1.165) is 5.56 Å². The van der Waals surface area contributed by atoms with E-state index < -0.39 is 5.91 Å². The summed E-state index contributed by atoms with van der Waals surface area (Å²) in [6, 6.07) is 25.1. The Morgan fingerprint density at radius 1 is 0.731 bits per heavy atom. The van der Waals surface area contributed by atoms with Crippen molar-refractivity contribution in [2.75, 3.05) is 5.32 Å². The van der Waals surface area contributed by atoms with E-state index in [1.54, 1.807) is 48.5 Å². The van der Waals surface area contributed by atoms with Gasteiger partial charge in [-0.3, -0.25) is 14.4 Å². The summed E-state index contributed by atoms with van der Waals surface area (Å²) in [5.41, 5.74) is 4.61. The average Bonchev–Trinajstić information content (AvgIpc) is 2.70. The average molecular weight is 346 g/mol. The summed E-state index contributed by atoms with van der Waals surface area (Å²) in [4.78, 5) is 30.0. The highest BCUT2D eigenvalue weighted by molar-refractivity contribution is 6.08. The fourth-order valence-corrected chi connectivity index (χ4v) is 2.39. The lowest BCUT2D eigenvalue weighted by Gasteiger charge is -2.11. The summed E-state index contributed by atoms with van der Waals surface area (Å²) in [6.45, 7) is 0.255. The monoisotopic (exact) mass is 346 g/mol. The van der Waals surface area contributed by atoms with Gasteiger partial charge in [-0.2, -0.15) is 0 Å². The van der Waals surface area contributed by atoms with Gasteiger partial charge in [-0.05, 0) is 29.8 Å². The van der Waals surface area contributed by atoms with Crippen LogP contribution in [0.2, 0.25) is 0 Å². The van der Waals surface area contributed by atoms with E-state index >= 15 is 0 Å². The number of carbonyl (C=O) groups is 2. The molecule has 0 aliphatic carbocycles. The molecule has 2 N–H and O–H groups in total. The molecule has 5 heteroatoms. The summed E-state index contributed by atoms with van der Waals surface area (Å²) >= 11 is 0. The molecular formula is C21H18N2O3. The second kappa shape index (κ2) is 8.60. The van der Waals surface area contributed by atoms with Gasteiger partial charge in [-0.1, -0.05) is 60.7 Å². The van der Waals surface area contributed by atoms with E-state index in [2.05, 4.69) is 10.8 Å². The molecule has 3 aromatic carbocycles. The first-order valence-corrected chi connectivity index (χ1v) is 8.15. The van der Waals surface area contributed by atoms with Crippen LogP contribution in [0.1, 0.15) is 26.3 Å². The standard InChI is InChI=1S/C21H18N2O3/c24-20(17-11-5-2-6-12-17)22-19-14-8-7-13-18(19)21(25)23-26-15-16-9-3-1-4-10-16/h1-14H,15H2,(H,22,24)(H,23,25). The van der Waals surface area contributed by atoms with Crippen LogP contribution < -0.4 is 10.8 Å². The highest BCUT2D eigenvalue weighted by atomic mass is 16.6. The molecule has 0 atom stereocenters. The molecule has 130 valence electrons. The second-order valence-corrected chi connectivity index (χ2v) is 5.57. The van der Waals surface area contributed by atoms with Crippen LogP contribution in [0.4, 0.5) is 5.69 Å². The van der Waals surface area contributed by atoms with E-state index in [4.69, 9.17) is 4.84 Å². The lowest BCUT2D eigenvalue weighted by Crippen LogP contribution is -2.25. The number of nitrogens with one attached hydrogen (secondary N) is 2. The Bertz CT molecular complexity index is 880. The molecule has 3 aromatic rings. The number of rotatable bonds is 6. The van der Waals surface area contributed by atoms with Gasteiger partial charge in [0.05, 0.1) is 17.9 Å². The van der Waals surface area contributed by atoms with Gasteiger partial charge >= 0.3 is 0 Å². The van der Waals surface area contributed by atoms with E-state index in [1.807, 2.05) is 36.4 Å². The van der Waals surface area contributed by atoms with Gasteiger partial charge in [-0.25, -0.2) is 5.48 Å². The highest BCUT2D eigenvalue weighted by Gasteiger charge is 2.14. The highest BCUT2D eigenvalue weighted by Crippen LogP contribution is 2.16. The molecule has 5 nitrogen and oxygen atoms in total. The number of benzene rings is 3. The summed E-state index contributed by atoms with van der Waals surface area (Å²) in [5.74, 6) is -0.707. The van der Waals surface area contributed by atoms with Crippen molar-refractivity contribution in [2.24, 2.45) is 0 Å². The molecule has 0 heterocycles. The Labute approximate surface area is 151 Å². The third kappa shape index (κ3) is 4.55. The Morgan fingerprint density at radius 3 is 2.08 bits per heavy atom. The minimum atomic E-state index is -0.426. The van der Waals surface area contributed by atoms with Crippen LogP contribution in [0.3, 0.4) is 0 Å². The van der Waals surface area contributed by atoms with Crippen molar-refractivity contribution in [3.8, 4) is 0 Å². The van der Waals surface area contributed by atoms with Gasteiger partial charge in [0.2, 0.25) is 0 Å². The molecule has 0 aliphatic rings. The topological polar surface area (TPSA) is 67.4 Å². The predicted molar refractivity (Wildman–Crippen MR) is 99.5 cm³/mol. The third-order valence-corrected chi connectivity index (χ3v) is 3.70. The maximum absolute atomic E-state index is 12.4. The van der Waals surface area contributed by atoms with Crippen LogP contribution in [-0.2, 0) is 11.4 Å². The smallest absolute Gasteiger partial charge is 0.276 e. The molecule has 0 radical (unpaired) electrons. The van der Waals surface area contributed by atoms with Crippen LogP contribution in [0.25, 0.3) is 0 Å². The molecular weight excluding hydrogens is 328 g/mol. The molecule has 3 rings (SSSR count). The van der Waals surface area contributed by atoms with Gasteiger partial charge in [0, 0.05) is 5.56 Å². The lowest BCUT2D eigenvalue weighted by atomic mass is 10.1. The Morgan fingerprint density at radius 2 is 1.35 bits per heavy atom. The van der Waals surface area contributed by atoms with Crippen LogP contribution in [0.15, 0.2) is 84.9 Å². The fourth-order valence-electron chi connectivity index (χ4n) is 2.39. The van der Waals surface area contributed by atoms with Gasteiger partial charge in [-0.15, -0.1) is 0 Å². The minimum Gasteiger partial charge on any atom is -0.321 e. The van der Waals surface area contributed by atoms with Crippen LogP contribution >= 0.6 is 0 Å². The summed E-state index contributed by atoms with van der Waals surface area (Å²) in [5, 5.41) is 2.76. The molecule has 0 bridgehead atoms. The third-order valence-electron chi connectivity index (χ3n) is 3.70. The Hall–Kier alpha value is -3.44. The number of hydroxylamine groups is 1. The first-order valence-electron chi connectivity index (χ1n) is 8.15. The fraction of sp³-hybridized carbons (Fsp3) is 0.0476. The second-order valence-electron chi connectivity index (χ2n) is 5.57. The molecule has 0 unspecified atom stereocenters. The number of carbonyl (C=O) groups excluding carboxylic acids is 2. The van der Waals surface area contributed by atoms with Crippen molar-refractivity contribution < 1.29 is 14.4 Å². The molecule has 0 spiro atoms. The largest absolute Gasteiger partial charge is 0.321 e. The van der Waals surface area contributed by atoms with Crippen molar-refractivity contribution in [1.29, 1.82) is 0 Å². The molecule has 0 saturated carbocycles. The molecule has 0 aliphatic heterocycles. The van der Waals surface area contributed by atoms with Crippen molar-refractivity contribution in [3.63, 3.8) is 0 Å². The summed E-state index contributed by atoms with van der Waals surface area (Å²) in [7, 11) is 0. The molecule has 0 aromatic heterocycles. The summed E-state index contributed by atoms with van der Waals surface area (Å²) < 4.78 is 0. The number of hydrogen-bond donors (Lipinski definition) is 2. The van der Waals surface area contributed by atoms with E-state index in [-0.39, 0.29) is 12.5 Å². The molecule has 0 fully saturated rings. The van der Waals surface area contributed by atoms with Gasteiger partial charge in [0.15, 0.2) is 0 Å². The van der Waals surface area contributed by atoms with Crippen molar-refractivity contribution in [2.45, 2.75) is 6.61 Å². The number of para-hydroxylation sites is 1. The van der Waals surface area contributed by atoms with Crippen LogP contribution in [-0.4, -0.2) is 11.8 Å². The van der Waals surface area contributed by atoms with Gasteiger partial charge < -0.3 is 5.32 Å². The van der Waals surface area contributed by atoms with Crippen molar-refractivity contribution >= 4 is 17.5 Å². The molecule has 2 amide bonds. The predicted octanol–water partition coefficient (Wildman–Crippen LogP) is 3.80. The Kier molecular flexibility index (Phi) is 5.75. The zero-order valence-electron chi connectivity index (χ0n) is 14.0. The maximum Gasteiger partial charge on any atom is 0.276 e. The lowest BCUT2D eigenvalue weighted by molar-refractivity contribution is 0.0234. The maximum atomic E-state index is 12.4. The Balaban J connectivity index is 1.64. The normalized spacial score (nSPS) is 10.2. The van der Waals surface area contributed by atoms with Crippen LogP contribution in [0, 0.1) is 0 Å². The zero-order chi connectivity index (χ0) is 18.2. The van der Waals surface area contributed by atoms with Gasteiger partial charge in [0.1, 0.15) is 0 Å². The number of hydrogen-bond acceptors (Lipinski definition) is 3. The number of anilines is 1. The van der Waals surface area contributed by atoms with Crippen molar-refractivity contribution in [3.05, 3.63) is 102 Å². The van der Waals surface area contributed by atoms with Crippen LogP contribution in [0.5, 0.6) is 0 Å². The minimum absolute atomic E-state index is 0.255. The van der Waals surface area contributed by atoms with E-state index in [9.17, 15) is 9.59 Å². The first-order chi connectivity index (χ1) is 12.7. The van der Waals surface area contributed by atoms with Gasteiger partial charge in [0.25, 0.3) is 11.8 Å². The quantitative estimate of drug-likeness (QED) is 0.667. The van der Waals surface area contributed by atoms with E-state index in [0.29, 0.717) is 16.8 Å². The summed E-state index contributed by atoms with van der Waals surface area (Å²) in [6.07, 6.45) is 0. The molecule has 26 heavy (non-hydrogen) atoms.